The van der Waals surface area contributed by atoms with Crippen LogP contribution in [0.2, 0.25) is 0 Å². The second-order valence-corrected chi connectivity index (χ2v) is 5.04. The Morgan fingerprint density at radius 2 is 2.11 bits per heavy atom. The maximum absolute atomic E-state index is 11.7. The fourth-order valence-electron chi connectivity index (χ4n) is 1.34. The van der Waals surface area contributed by atoms with Crippen molar-refractivity contribution < 1.29 is 9.53 Å². The first-order chi connectivity index (χ1) is 8.49. The quantitative estimate of drug-likeness (QED) is 0.502. The normalized spacial score (nSPS) is 12.2. The summed E-state index contributed by atoms with van der Waals surface area (Å²) in [5, 5.41) is 0.123. The molecule has 100 valence electrons. The summed E-state index contributed by atoms with van der Waals surface area (Å²) in [6.07, 6.45) is 0.625. The number of nitrogens with zero attached hydrogens (tertiary/aromatic N) is 1. The minimum Gasteiger partial charge on any atom is -0.465 e. The molecule has 0 spiro atoms. The van der Waals surface area contributed by atoms with Gasteiger partial charge in [0, 0.05) is 11.3 Å². The second kappa shape index (κ2) is 6.58. The highest BCUT2D eigenvalue weighted by Crippen LogP contribution is 2.22. The van der Waals surface area contributed by atoms with Crippen LogP contribution in [0.5, 0.6) is 0 Å². The summed E-state index contributed by atoms with van der Waals surface area (Å²) in [5.41, 5.74) is 1.12. The lowest BCUT2D eigenvalue weighted by Crippen LogP contribution is -2.21. The number of esters is 1. The van der Waals surface area contributed by atoms with Crippen LogP contribution in [0, 0.1) is 13.8 Å². The third-order valence-electron chi connectivity index (χ3n) is 2.55. The van der Waals surface area contributed by atoms with Gasteiger partial charge < -0.3 is 9.72 Å². The molecule has 0 saturated carbocycles. The second-order valence-electron chi connectivity index (χ2n) is 3.85. The van der Waals surface area contributed by atoms with Crippen molar-refractivity contribution in [3.05, 3.63) is 21.6 Å². The number of ether oxygens (including phenoxy) is 1. The van der Waals surface area contributed by atoms with Crippen molar-refractivity contribution in [2.45, 2.75) is 44.5 Å². The molecule has 0 aromatic carbocycles. The van der Waals surface area contributed by atoms with Crippen molar-refractivity contribution >= 4 is 17.7 Å². The third kappa shape index (κ3) is 3.60. The van der Waals surface area contributed by atoms with Crippen LogP contribution >= 0.6 is 11.8 Å². The summed E-state index contributed by atoms with van der Waals surface area (Å²) < 4.78 is 4.97. The summed E-state index contributed by atoms with van der Waals surface area (Å²) in [5.74, 6) is -0.272. The molecule has 1 N–H and O–H groups in total. The minimum absolute atomic E-state index is 0.163. The Morgan fingerprint density at radius 3 is 2.61 bits per heavy atom. The molecule has 1 aromatic rings. The Kier molecular flexibility index (Phi) is 5.40. The third-order valence-corrected chi connectivity index (χ3v) is 3.77. The van der Waals surface area contributed by atoms with Gasteiger partial charge >= 0.3 is 5.97 Å². The highest BCUT2D eigenvalue weighted by atomic mass is 32.2. The molecule has 0 unspecified atom stereocenters. The van der Waals surface area contributed by atoms with Gasteiger partial charge in [0.2, 0.25) is 0 Å². The zero-order valence-corrected chi connectivity index (χ0v) is 11.9. The molecule has 1 aromatic heterocycles. The van der Waals surface area contributed by atoms with Crippen LogP contribution in [-0.4, -0.2) is 27.8 Å². The molecule has 0 bridgehead atoms. The predicted molar refractivity (Wildman–Crippen MR) is 70.9 cm³/mol. The number of aromatic nitrogens is 2. The maximum atomic E-state index is 11.7. The number of rotatable bonds is 5. The van der Waals surface area contributed by atoms with Crippen LogP contribution in [0.1, 0.15) is 31.5 Å². The Balaban J connectivity index is 2.89. The van der Waals surface area contributed by atoms with Gasteiger partial charge in [0.05, 0.1) is 6.61 Å². The highest BCUT2D eigenvalue weighted by Gasteiger charge is 2.20. The molecule has 0 aliphatic heterocycles. The smallest absolute Gasteiger partial charge is 0.319 e. The lowest BCUT2D eigenvalue weighted by Gasteiger charge is -2.12. The molecule has 0 aliphatic rings. The van der Waals surface area contributed by atoms with Gasteiger partial charge in [-0.05, 0) is 27.2 Å². The topological polar surface area (TPSA) is 72.0 Å². The van der Waals surface area contributed by atoms with E-state index in [1.54, 1.807) is 20.8 Å². The van der Waals surface area contributed by atoms with E-state index in [-0.39, 0.29) is 16.8 Å². The molecule has 0 aliphatic carbocycles. The fourth-order valence-corrected chi connectivity index (χ4v) is 2.28. The number of hydrogen-bond donors (Lipinski definition) is 1. The molecule has 1 atom stereocenters. The molecule has 0 amide bonds. The van der Waals surface area contributed by atoms with Gasteiger partial charge in [-0.15, -0.1) is 0 Å². The Labute approximate surface area is 110 Å². The number of carbonyl (C=O) groups excluding carboxylic acids is 1. The lowest BCUT2D eigenvalue weighted by molar-refractivity contribution is -0.142. The van der Waals surface area contributed by atoms with Crippen molar-refractivity contribution in [1.29, 1.82) is 0 Å². The zero-order valence-electron chi connectivity index (χ0n) is 11.1. The van der Waals surface area contributed by atoms with E-state index in [1.165, 1.54) is 11.8 Å². The van der Waals surface area contributed by atoms with Crippen molar-refractivity contribution in [2.24, 2.45) is 0 Å². The SMILES string of the molecule is CCOC(=O)[C@H](CC)Sc1nc(C)c(C)c(=O)[nH]1. The van der Waals surface area contributed by atoms with Gasteiger partial charge in [-0.1, -0.05) is 18.7 Å². The summed E-state index contributed by atoms with van der Waals surface area (Å²) in [6.45, 7) is 7.52. The van der Waals surface area contributed by atoms with Gasteiger partial charge in [-0.3, -0.25) is 9.59 Å². The molecule has 18 heavy (non-hydrogen) atoms. The number of H-pyrrole nitrogens is 1. The molecule has 1 rings (SSSR count). The number of thioether (sulfide) groups is 1. The first kappa shape index (κ1) is 14.8. The summed E-state index contributed by atoms with van der Waals surface area (Å²) in [7, 11) is 0. The average Bonchev–Trinajstić information content (AvgIpc) is 2.33. The van der Waals surface area contributed by atoms with E-state index >= 15 is 0 Å². The van der Waals surface area contributed by atoms with Crippen LogP contribution < -0.4 is 5.56 Å². The van der Waals surface area contributed by atoms with E-state index in [9.17, 15) is 9.59 Å². The Bertz CT molecular complexity index is 485. The van der Waals surface area contributed by atoms with Gasteiger partial charge in [0.1, 0.15) is 5.25 Å². The average molecular weight is 270 g/mol. The van der Waals surface area contributed by atoms with Crippen molar-refractivity contribution in [2.75, 3.05) is 6.61 Å². The predicted octanol–water partition coefficient (Wildman–Crippen LogP) is 1.82. The highest BCUT2D eigenvalue weighted by molar-refractivity contribution is 8.00. The van der Waals surface area contributed by atoms with E-state index in [0.29, 0.717) is 29.4 Å². The van der Waals surface area contributed by atoms with Gasteiger partial charge in [-0.25, -0.2) is 4.98 Å². The molecule has 0 radical (unpaired) electrons. The van der Waals surface area contributed by atoms with Crippen LogP contribution in [0.15, 0.2) is 9.95 Å². The minimum atomic E-state index is -0.338. The van der Waals surface area contributed by atoms with E-state index in [4.69, 9.17) is 4.74 Å². The lowest BCUT2D eigenvalue weighted by atomic mass is 10.3. The first-order valence-electron chi connectivity index (χ1n) is 5.90. The maximum Gasteiger partial charge on any atom is 0.319 e. The summed E-state index contributed by atoms with van der Waals surface area (Å²) in [6, 6.07) is 0. The van der Waals surface area contributed by atoms with Crippen molar-refractivity contribution in [1.82, 2.24) is 9.97 Å². The molecule has 0 fully saturated rings. The van der Waals surface area contributed by atoms with Crippen molar-refractivity contribution in [3.8, 4) is 0 Å². The molecule has 5 nitrogen and oxygen atoms in total. The number of carbonyl (C=O) groups is 1. The largest absolute Gasteiger partial charge is 0.465 e. The van der Waals surface area contributed by atoms with E-state index in [0.717, 1.165) is 0 Å². The standard InChI is InChI=1S/C12H18N2O3S/c1-5-9(11(16)17-6-2)18-12-13-8(4)7(3)10(15)14-12/h9H,5-6H2,1-4H3,(H,13,14,15)/t9-/m0/s1. The number of aryl methyl sites for hydroxylation is 1. The monoisotopic (exact) mass is 270 g/mol. The van der Waals surface area contributed by atoms with Crippen LogP contribution in [0.25, 0.3) is 0 Å². The van der Waals surface area contributed by atoms with Crippen LogP contribution in [0.4, 0.5) is 0 Å². The van der Waals surface area contributed by atoms with Crippen LogP contribution in [0.3, 0.4) is 0 Å². The van der Waals surface area contributed by atoms with Crippen LogP contribution in [-0.2, 0) is 9.53 Å². The fraction of sp³-hybridized carbons (Fsp3) is 0.583. The summed E-state index contributed by atoms with van der Waals surface area (Å²) >= 11 is 1.23. The number of hydrogen-bond acceptors (Lipinski definition) is 5. The molecular weight excluding hydrogens is 252 g/mol. The zero-order chi connectivity index (χ0) is 13.7. The van der Waals surface area contributed by atoms with Gasteiger partial charge in [0.15, 0.2) is 5.16 Å². The molecule has 0 saturated heterocycles. The number of aromatic amines is 1. The van der Waals surface area contributed by atoms with Gasteiger partial charge in [-0.2, -0.15) is 0 Å². The van der Waals surface area contributed by atoms with E-state index < -0.39 is 0 Å². The first-order valence-corrected chi connectivity index (χ1v) is 6.78. The number of nitrogens with one attached hydrogen (secondary N) is 1. The molecular formula is C12H18N2O3S. The summed E-state index contributed by atoms with van der Waals surface area (Å²) in [4.78, 5) is 30.2. The molecule has 6 heteroatoms. The van der Waals surface area contributed by atoms with E-state index in [2.05, 4.69) is 9.97 Å². The van der Waals surface area contributed by atoms with Crippen molar-refractivity contribution in [3.63, 3.8) is 0 Å². The van der Waals surface area contributed by atoms with E-state index in [1.807, 2.05) is 6.92 Å². The van der Waals surface area contributed by atoms with Gasteiger partial charge in [0.25, 0.3) is 5.56 Å². The Morgan fingerprint density at radius 1 is 1.44 bits per heavy atom. The Hall–Kier alpha value is -1.30. The molecule has 1 heterocycles.